The average Bonchev–Trinajstić information content (AvgIpc) is 3.32. The monoisotopic (exact) mass is 1020 g/mol. The summed E-state index contributed by atoms with van der Waals surface area (Å²) in [5, 5.41) is 14.9. The van der Waals surface area contributed by atoms with E-state index in [1.54, 1.807) is 20.8 Å². The number of alkyl carbamates (subject to hydrolysis) is 1. The first-order valence-electron chi connectivity index (χ1n) is 25.1. The molecular formula is C46H94N12O13. The van der Waals surface area contributed by atoms with E-state index in [9.17, 15) is 19.2 Å². The SMILES string of the molecule is C=C(CN1CCN(CC(=O)NCCOCCOCCN)CCN(CC(=O)NCCOCCOCCN)CCN(CC(=O)NCCOCCOCCNC(=O)OC(C)(C)C)CC1)NCCOCCOCCN. The van der Waals surface area contributed by atoms with Crippen molar-refractivity contribution in [2.75, 3.05) is 237 Å². The van der Waals surface area contributed by atoms with Crippen LogP contribution in [0.3, 0.4) is 0 Å². The van der Waals surface area contributed by atoms with Crippen LogP contribution in [0.4, 0.5) is 4.79 Å². The zero-order valence-electron chi connectivity index (χ0n) is 43.5. The van der Waals surface area contributed by atoms with Crippen molar-refractivity contribution >= 4 is 23.8 Å². The Morgan fingerprint density at radius 1 is 0.394 bits per heavy atom. The lowest BCUT2D eigenvalue weighted by Crippen LogP contribution is -2.51. The van der Waals surface area contributed by atoms with Crippen molar-refractivity contribution in [3.05, 3.63) is 12.3 Å². The lowest BCUT2D eigenvalue weighted by atomic mass is 10.2. The van der Waals surface area contributed by atoms with Gasteiger partial charge in [0.1, 0.15) is 5.60 Å². The number of hydrogen-bond donors (Lipinski definition) is 8. The highest BCUT2D eigenvalue weighted by Gasteiger charge is 2.21. The van der Waals surface area contributed by atoms with Gasteiger partial charge in [-0.3, -0.25) is 34.0 Å². The van der Waals surface area contributed by atoms with Crippen LogP contribution < -0.4 is 43.8 Å². The first-order chi connectivity index (χ1) is 34.3. The summed E-state index contributed by atoms with van der Waals surface area (Å²) in [7, 11) is 0. The predicted octanol–water partition coefficient (Wildman–Crippen LogP) is -3.81. The van der Waals surface area contributed by atoms with Gasteiger partial charge < -0.3 is 86.4 Å². The number of nitrogens with one attached hydrogen (secondary N) is 5. The minimum atomic E-state index is -0.574. The predicted molar refractivity (Wildman–Crippen MR) is 270 cm³/mol. The molecule has 0 bridgehead atoms. The molecule has 1 fully saturated rings. The number of nitrogens with zero attached hydrogens (tertiary/aromatic N) is 4. The molecule has 25 nitrogen and oxygen atoms in total. The molecule has 71 heavy (non-hydrogen) atoms. The molecule has 0 aromatic heterocycles. The van der Waals surface area contributed by atoms with Crippen LogP contribution in [-0.2, 0) is 57.0 Å². The van der Waals surface area contributed by atoms with Crippen LogP contribution >= 0.6 is 0 Å². The summed E-state index contributed by atoms with van der Waals surface area (Å²) in [6, 6.07) is 0. The fourth-order valence-corrected chi connectivity index (χ4v) is 6.48. The summed E-state index contributed by atoms with van der Waals surface area (Å²) in [6.45, 7) is 24.6. The van der Waals surface area contributed by atoms with Crippen molar-refractivity contribution in [3.63, 3.8) is 0 Å². The molecule has 1 heterocycles. The molecule has 0 aromatic rings. The molecule has 0 aromatic carbocycles. The molecule has 25 heteroatoms. The van der Waals surface area contributed by atoms with E-state index >= 15 is 0 Å². The summed E-state index contributed by atoms with van der Waals surface area (Å²) >= 11 is 0. The van der Waals surface area contributed by atoms with E-state index in [2.05, 4.69) is 47.9 Å². The Kier molecular flexibility index (Phi) is 41.8. The minimum Gasteiger partial charge on any atom is -0.444 e. The molecule has 0 spiro atoms. The Labute approximate surface area is 423 Å². The third kappa shape index (κ3) is 42.8. The van der Waals surface area contributed by atoms with Gasteiger partial charge in [0, 0.05) is 117 Å². The highest BCUT2D eigenvalue weighted by molar-refractivity contribution is 5.79. The van der Waals surface area contributed by atoms with Crippen LogP contribution in [-0.4, -0.2) is 286 Å². The molecule has 1 aliphatic heterocycles. The Balaban J connectivity index is 2.95. The second-order valence-corrected chi connectivity index (χ2v) is 17.4. The van der Waals surface area contributed by atoms with Gasteiger partial charge in [0.2, 0.25) is 17.7 Å². The smallest absolute Gasteiger partial charge is 0.407 e. The summed E-state index contributed by atoms with van der Waals surface area (Å²) < 4.78 is 49.3. The number of nitrogens with two attached hydrogens (primary N) is 3. The largest absolute Gasteiger partial charge is 0.444 e. The van der Waals surface area contributed by atoms with Gasteiger partial charge in [-0.25, -0.2) is 4.79 Å². The molecule has 4 amide bonds. The van der Waals surface area contributed by atoms with Gasteiger partial charge in [0.25, 0.3) is 0 Å². The number of rotatable bonds is 42. The van der Waals surface area contributed by atoms with Gasteiger partial charge in [-0.1, -0.05) is 6.58 Å². The van der Waals surface area contributed by atoms with E-state index in [-0.39, 0.29) is 37.4 Å². The molecule has 1 saturated heterocycles. The van der Waals surface area contributed by atoms with Gasteiger partial charge >= 0.3 is 6.09 Å². The van der Waals surface area contributed by atoms with Crippen molar-refractivity contribution < 1.29 is 61.8 Å². The molecule has 0 radical (unpaired) electrons. The first-order valence-corrected chi connectivity index (χ1v) is 25.1. The van der Waals surface area contributed by atoms with E-state index in [0.29, 0.717) is 217 Å². The zero-order chi connectivity index (χ0) is 52.1. The van der Waals surface area contributed by atoms with E-state index in [0.717, 1.165) is 5.70 Å². The highest BCUT2D eigenvalue weighted by atomic mass is 16.6. The number of hydrogen-bond acceptors (Lipinski definition) is 21. The van der Waals surface area contributed by atoms with Gasteiger partial charge in [-0.2, -0.15) is 0 Å². The lowest BCUT2D eigenvalue weighted by molar-refractivity contribution is -0.124. The van der Waals surface area contributed by atoms with Crippen molar-refractivity contribution in [1.29, 1.82) is 0 Å². The van der Waals surface area contributed by atoms with Gasteiger partial charge in [0.15, 0.2) is 0 Å². The molecule has 0 atom stereocenters. The maximum absolute atomic E-state index is 13.3. The van der Waals surface area contributed by atoms with Crippen LogP contribution in [0.5, 0.6) is 0 Å². The van der Waals surface area contributed by atoms with Crippen LogP contribution in [0.15, 0.2) is 12.3 Å². The van der Waals surface area contributed by atoms with Gasteiger partial charge in [-0.05, 0) is 20.8 Å². The third-order valence-corrected chi connectivity index (χ3v) is 9.96. The maximum atomic E-state index is 13.3. The Morgan fingerprint density at radius 2 is 0.648 bits per heavy atom. The van der Waals surface area contributed by atoms with Crippen molar-refractivity contribution in [3.8, 4) is 0 Å². The number of carbonyl (C=O) groups excluding carboxylic acids is 4. The quantitative estimate of drug-likeness (QED) is 0.0272. The topological polar surface area (TPSA) is 303 Å². The van der Waals surface area contributed by atoms with Gasteiger partial charge in [0.05, 0.1) is 125 Å². The van der Waals surface area contributed by atoms with E-state index < -0.39 is 11.7 Å². The lowest BCUT2D eigenvalue weighted by Gasteiger charge is -2.34. The van der Waals surface area contributed by atoms with E-state index in [4.69, 9.17) is 59.8 Å². The van der Waals surface area contributed by atoms with Crippen molar-refractivity contribution in [1.82, 2.24) is 46.2 Å². The van der Waals surface area contributed by atoms with Crippen molar-refractivity contribution in [2.45, 2.75) is 26.4 Å². The molecule has 0 saturated carbocycles. The highest BCUT2D eigenvalue weighted by Crippen LogP contribution is 2.06. The maximum Gasteiger partial charge on any atom is 0.407 e. The molecule has 11 N–H and O–H groups in total. The summed E-state index contributed by atoms with van der Waals surface area (Å²) in [4.78, 5) is 60.1. The Morgan fingerprint density at radius 3 is 0.930 bits per heavy atom. The Bertz CT molecular complexity index is 1310. The summed E-state index contributed by atoms with van der Waals surface area (Å²) in [5.41, 5.74) is 16.6. The standard InChI is InChI=1S/C46H94N12O13/c1-41(50-8-24-66-32-29-63-21-5-47)37-55-13-15-56(38-42(59)51-9-25-67-33-30-64-22-6-48)17-19-58(40-44(61)52-10-26-68-34-31-65-23-7-49)20-18-57(16-14-55)39-43(60)53-11-27-69-35-36-70-28-12-54-45(62)71-46(2,3)4/h50H,1,5-40,47-49H2,2-4H3,(H,51,59)(H,52,61)(H,53,60)(H,54,62). The normalized spacial score (nSPS) is 14.8. The van der Waals surface area contributed by atoms with Crippen molar-refractivity contribution in [2.24, 2.45) is 17.2 Å². The van der Waals surface area contributed by atoms with E-state index in [1.165, 1.54) is 0 Å². The first kappa shape index (κ1) is 65.6. The third-order valence-electron chi connectivity index (χ3n) is 9.96. The average molecular weight is 1020 g/mol. The summed E-state index contributed by atoms with van der Waals surface area (Å²) in [6.07, 6.45) is -0.500. The minimum absolute atomic E-state index is 0.120. The number of carbonyl (C=O) groups is 4. The van der Waals surface area contributed by atoms with E-state index in [1.807, 2.05) is 4.90 Å². The number of amides is 4. The van der Waals surface area contributed by atoms with Crippen LogP contribution in [0.1, 0.15) is 20.8 Å². The van der Waals surface area contributed by atoms with Crippen LogP contribution in [0, 0.1) is 0 Å². The molecule has 1 aliphatic rings. The molecule has 0 aliphatic carbocycles. The molecular weight excluding hydrogens is 929 g/mol. The summed E-state index contributed by atoms with van der Waals surface area (Å²) in [5.74, 6) is -0.451. The Hall–Kier alpha value is -3.38. The molecule has 0 unspecified atom stereocenters. The molecule has 1 rings (SSSR count). The second kappa shape index (κ2) is 45.3. The second-order valence-electron chi connectivity index (χ2n) is 17.4. The van der Waals surface area contributed by atoms with Crippen LogP contribution in [0.25, 0.3) is 0 Å². The van der Waals surface area contributed by atoms with Gasteiger partial charge in [-0.15, -0.1) is 0 Å². The number of ether oxygens (including phenoxy) is 9. The fourth-order valence-electron chi connectivity index (χ4n) is 6.48. The molecule has 416 valence electrons. The van der Waals surface area contributed by atoms with Crippen LogP contribution in [0.2, 0.25) is 0 Å². The zero-order valence-corrected chi connectivity index (χ0v) is 43.5. The fraction of sp³-hybridized carbons (Fsp3) is 0.870.